The Morgan fingerprint density at radius 3 is 2.33 bits per heavy atom. The maximum atomic E-state index is 13.5. The van der Waals surface area contributed by atoms with Crippen LogP contribution in [0.1, 0.15) is 30.5 Å². The molecule has 0 spiro atoms. The number of alkyl halides is 6. The minimum Gasteiger partial charge on any atom is -0.475 e. The summed E-state index contributed by atoms with van der Waals surface area (Å²) in [7, 11) is 1.05. The number of nitrogens with zero attached hydrogens (tertiary/aromatic N) is 1. The van der Waals surface area contributed by atoms with Crippen molar-refractivity contribution < 1.29 is 55.4 Å². The molecule has 0 radical (unpaired) electrons. The van der Waals surface area contributed by atoms with Gasteiger partial charge in [-0.15, -0.1) is 11.3 Å². The molecule has 6 N–H and O–H groups in total. The van der Waals surface area contributed by atoms with E-state index in [1.807, 2.05) is 0 Å². The summed E-state index contributed by atoms with van der Waals surface area (Å²) in [5.41, 5.74) is 5.53. The van der Waals surface area contributed by atoms with Gasteiger partial charge in [0.15, 0.2) is 0 Å². The molecule has 11 nitrogen and oxygen atoms in total. The van der Waals surface area contributed by atoms with E-state index in [0.29, 0.717) is 23.0 Å². The normalized spacial score (nSPS) is 12.2. The highest BCUT2D eigenvalue weighted by molar-refractivity contribution is 7.16. The number of halogens is 6. The van der Waals surface area contributed by atoms with Crippen molar-refractivity contribution in [3.63, 3.8) is 0 Å². The fraction of sp³-hybridized carbons (Fsp3) is 0.286. The molecule has 0 aliphatic rings. The third kappa shape index (κ3) is 8.14. The summed E-state index contributed by atoms with van der Waals surface area (Å²) in [5, 5.41) is 19.2. The average molecular weight is 583 g/mol. The predicted molar refractivity (Wildman–Crippen MR) is 123 cm³/mol. The average Bonchev–Trinajstić information content (AvgIpc) is 3.53. The van der Waals surface area contributed by atoms with Crippen LogP contribution in [0.3, 0.4) is 0 Å². The number of ether oxygens (including phenoxy) is 1. The van der Waals surface area contributed by atoms with E-state index in [4.69, 9.17) is 15.6 Å². The van der Waals surface area contributed by atoms with E-state index >= 15 is 0 Å². The number of hydrogen-bond acceptors (Lipinski definition) is 8. The van der Waals surface area contributed by atoms with Gasteiger partial charge in [-0.1, -0.05) is 12.1 Å². The second-order valence-corrected chi connectivity index (χ2v) is 8.42. The van der Waals surface area contributed by atoms with Gasteiger partial charge in [-0.2, -0.15) is 31.4 Å². The molecule has 212 valence electrons. The number of methoxy groups -OCH3 is 1. The third-order valence-electron chi connectivity index (χ3n) is 4.75. The van der Waals surface area contributed by atoms with Crippen molar-refractivity contribution in [2.75, 3.05) is 13.7 Å². The van der Waals surface area contributed by atoms with Gasteiger partial charge in [0.1, 0.15) is 10.9 Å². The molecule has 0 saturated heterocycles. The minimum atomic E-state index is -5.08. The zero-order chi connectivity index (χ0) is 29.5. The number of carboxylic acids is 1. The number of nitrogens with two attached hydrogens (primary N) is 1. The molecule has 0 fully saturated rings. The quantitative estimate of drug-likeness (QED) is 0.208. The first kappa shape index (κ1) is 31.0. The van der Waals surface area contributed by atoms with E-state index in [9.17, 15) is 40.7 Å². The fourth-order valence-electron chi connectivity index (χ4n) is 2.91. The van der Waals surface area contributed by atoms with Gasteiger partial charge in [-0.05, 0) is 17.7 Å². The van der Waals surface area contributed by atoms with Crippen LogP contribution in [0.4, 0.5) is 26.3 Å². The topological polar surface area (TPSA) is 176 Å². The molecule has 0 saturated carbocycles. The number of aromatic nitrogens is 2. The van der Waals surface area contributed by atoms with Crippen LogP contribution in [0, 0.1) is 0 Å². The molecular formula is C21H19F6N5O6S. The molecule has 18 heteroatoms. The van der Waals surface area contributed by atoms with Gasteiger partial charge in [-0.25, -0.2) is 9.59 Å². The summed E-state index contributed by atoms with van der Waals surface area (Å²) in [5.74, 6) is -5.64. The zero-order valence-corrected chi connectivity index (χ0v) is 20.4. The summed E-state index contributed by atoms with van der Waals surface area (Å²) in [6.07, 6.45) is -8.41. The van der Waals surface area contributed by atoms with Crippen molar-refractivity contribution >= 4 is 46.0 Å². The van der Waals surface area contributed by atoms with E-state index in [0.717, 1.165) is 18.0 Å². The Morgan fingerprint density at radius 1 is 1.15 bits per heavy atom. The fourth-order valence-corrected chi connectivity index (χ4v) is 3.91. The number of rotatable bonds is 7. The minimum absolute atomic E-state index is 0.0358. The van der Waals surface area contributed by atoms with Gasteiger partial charge in [0.25, 0.3) is 11.8 Å². The van der Waals surface area contributed by atoms with E-state index in [1.165, 1.54) is 0 Å². The zero-order valence-electron chi connectivity index (χ0n) is 19.6. The molecule has 2 aromatic heterocycles. The molecule has 0 aliphatic heterocycles. The number of benzene rings is 1. The van der Waals surface area contributed by atoms with Crippen molar-refractivity contribution in [2.24, 2.45) is 5.73 Å². The van der Waals surface area contributed by atoms with Crippen LogP contribution in [0.5, 0.6) is 0 Å². The molecule has 0 aliphatic carbocycles. The van der Waals surface area contributed by atoms with E-state index in [-0.39, 0.29) is 18.0 Å². The van der Waals surface area contributed by atoms with Crippen molar-refractivity contribution in [2.45, 2.75) is 24.9 Å². The van der Waals surface area contributed by atoms with Crippen LogP contribution < -0.4 is 16.4 Å². The number of fused-ring (bicyclic) bond motifs is 1. The Hall–Kier alpha value is -4.19. The Morgan fingerprint density at radius 2 is 1.79 bits per heavy atom. The van der Waals surface area contributed by atoms with Gasteiger partial charge < -0.3 is 26.2 Å². The highest BCUT2D eigenvalue weighted by Gasteiger charge is 2.39. The largest absolute Gasteiger partial charge is 0.490 e. The number of aromatic amines is 1. The van der Waals surface area contributed by atoms with E-state index < -0.39 is 52.6 Å². The Bertz CT molecular complexity index is 1350. The highest BCUT2D eigenvalue weighted by Crippen LogP contribution is 2.37. The number of nitrogens with one attached hydrogen (secondary N) is 3. The second kappa shape index (κ2) is 12.6. The Labute approximate surface area is 218 Å². The molecule has 3 aromatic rings. The van der Waals surface area contributed by atoms with Crippen molar-refractivity contribution in [3.8, 4) is 0 Å². The SMILES string of the molecule is COC(=O)[C@H](CN)NC(=O)c1sc(C(=O)NCc2cccc3[nH]ncc23)cc1C(F)(F)F.O=C(O)C(F)(F)F. The molecule has 2 heterocycles. The van der Waals surface area contributed by atoms with Crippen LogP contribution in [-0.4, -0.2) is 64.9 Å². The van der Waals surface area contributed by atoms with Crippen molar-refractivity contribution in [1.82, 2.24) is 20.8 Å². The molecule has 3 rings (SSSR count). The van der Waals surface area contributed by atoms with Gasteiger partial charge in [-0.3, -0.25) is 14.7 Å². The summed E-state index contributed by atoms with van der Waals surface area (Å²) >= 11 is 0.359. The van der Waals surface area contributed by atoms with Crippen LogP contribution >= 0.6 is 11.3 Å². The number of thiophene rings is 1. The Balaban J connectivity index is 0.000000673. The third-order valence-corrected chi connectivity index (χ3v) is 5.88. The number of carbonyl (C=O) groups is 4. The number of esters is 1. The molecule has 0 unspecified atom stereocenters. The summed E-state index contributed by atoms with van der Waals surface area (Å²) in [4.78, 5) is 44.4. The maximum absolute atomic E-state index is 13.5. The molecule has 39 heavy (non-hydrogen) atoms. The smallest absolute Gasteiger partial charge is 0.475 e. The van der Waals surface area contributed by atoms with Gasteiger partial charge in [0.2, 0.25) is 0 Å². The summed E-state index contributed by atoms with van der Waals surface area (Å²) < 4.78 is 76.7. The van der Waals surface area contributed by atoms with E-state index in [2.05, 4.69) is 25.6 Å². The van der Waals surface area contributed by atoms with Crippen molar-refractivity contribution in [1.29, 1.82) is 0 Å². The van der Waals surface area contributed by atoms with Crippen molar-refractivity contribution in [3.05, 3.63) is 51.3 Å². The lowest BCUT2D eigenvalue weighted by Crippen LogP contribution is -2.46. The number of aliphatic carboxylic acids is 1. The first-order valence-corrected chi connectivity index (χ1v) is 11.2. The predicted octanol–water partition coefficient (Wildman–Crippen LogP) is 2.44. The Kier molecular flexibility index (Phi) is 10.0. The van der Waals surface area contributed by atoms with Crippen LogP contribution in [-0.2, 0) is 27.0 Å². The summed E-state index contributed by atoms with van der Waals surface area (Å²) in [6, 6.07) is 4.54. The molecule has 0 bridgehead atoms. The number of amides is 2. The number of carboxylic acid groups (broad SMARTS) is 1. The maximum Gasteiger partial charge on any atom is 0.490 e. The molecule has 2 amide bonds. The number of hydrogen-bond donors (Lipinski definition) is 5. The van der Waals surface area contributed by atoms with Crippen LogP contribution in [0.25, 0.3) is 10.9 Å². The molecule has 1 atom stereocenters. The lowest BCUT2D eigenvalue weighted by molar-refractivity contribution is -0.192. The van der Waals surface area contributed by atoms with Gasteiger partial charge in [0, 0.05) is 18.5 Å². The lowest BCUT2D eigenvalue weighted by atomic mass is 10.1. The van der Waals surface area contributed by atoms with Gasteiger partial charge in [0.05, 0.1) is 29.3 Å². The summed E-state index contributed by atoms with van der Waals surface area (Å²) in [6.45, 7) is -0.341. The second-order valence-electron chi connectivity index (χ2n) is 7.37. The monoisotopic (exact) mass is 583 g/mol. The van der Waals surface area contributed by atoms with Gasteiger partial charge >= 0.3 is 24.3 Å². The first-order chi connectivity index (χ1) is 18.1. The molecular weight excluding hydrogens is 564 g/mol. The van der Waals surface area contributed by atoms with Crippen LogP contribution in [0.2, 0.25) is 0 Å². The number of H-pyrrole nitrogens is 1. The highest BCUT2D eigenvalue weighted by atomic mass is 32.1. The van der Waals surface area contributed by atoms with E-state index in [1.54, 1.807) is 24.4 Å². The standard InChI is InChI=1S/C19H18F3N5O4S.C2HF3O2/c1-31-18(30)13(6-23)26-17(29)15-11(19(20,21)22)5-14(32-15)16(28)24-7-9-3-2-4-12-10(9)8-25-27-12;3-2(4,5)1(6)7/h2-5,8,13H,6-7,23H2,1H3,(H,24,28)(H,25,27)(H,26,29);(H,6,7)/t13-;/m0./s1. The first-order valence-electron chi connectivity index (χ1n) is 10.4. The lowest BCUT2D eigenvalue weighted by Gasteiger charge is -2.14. The molecule has 1 aromatic carbocycles. The van der Waals surface area contributed by atoms with Crippen LogP contribution in [0.15, 0.2) is 30.5 Å². The number of carbonyl (C=O) groups excluding carboxylic acids is 3.